The monoisotopic (exact) mass is 282 g/mol. The Labute approximate surface area is 108 Å². The van der Waals surface area contributed by atoms with Crippen LogP contribution in [0.25, 0.3) is 0 Å². The van der Waals surface area contributed by atoms with Crippen LogP contribution in [0, 0.1) is 0 Å². The first-order chi connectivity index (χ1) is 8.47. The predicted molar refractivity (Wildman–Crippen MR) is 63.9 cm³/mol. The molecule has 1 heterocycles. The summed E-state index contributed by atoms with van der Waals surface area (Å²) < 4.78 is 42.5. The summed E-state index contributed by atoms with van der Waals surface area (Å²) in [6.07, 6.45) is -2.67. The van der Waals surface area contributed by atoms with E-state index in [9.17, 15) is 13.2 Å². The van der Waals surface area contributed by atoms with E-state index in [1.54, 1.807) is 0 Å². The first-order valence-electron chi connectivity index (χ1n) is 5.32. The van der Waals surface area contributed by atoms with Gasteiger partial charge in [-0.05, 0) is 18.6 Å². The molecule has 1 rings (SSSR count). The molecule has 0 aliphatic carbocycles. The molecule has 0 bridgehead atoms. The second kappa shape index (κ2) is 6.80. The number of methoxy groups -OCH3 is 1. The Balaban J connectivity index is 2.77. The van der Waals surface area contributed by atoms with E-state index >= 15 is 0 Å². The van der Waals surface area contributed by atoms with Crippen LogP contribution in [0.4, 0.5) is 19.0 Å². The third-order valence-corrected chi connectivity index (χ3v) is 2.48. The fourth-order valence-corrected chi connectivity index (χ4v) is 1.69. The molecule has 0 aliphatic heterocycles. The average molecular weight is 283 g/mol. The summed E-state index contributed by atoms with van der Waals surface area (Å²) in [4.78, 5) is 3.85. The number of nitrogens with one attached hydrogen (secondary N) is 1. The first kappa shape index (κ1) is 15.0. The molecule has 0 aromatic carbocycles. The molecule has 1 aromatic rings. The molecule has 0 saturated heterocycles. The Bertz CT molecular complexity index is 368. The van der Waals surface area contributed by atoms with Crippen LogP contribution in [0.1, 0.15) is 12.0 Å². The summed E-state index contributed by atoms with van der Waals surface area (Å²) >= 11 is 5.61. The van der Waals surface area contributed by atoms with Gasteiger partial charge in [-0.3, -0.25) is 0 Å². The first-order valence-corrected chi connectivity index (χ1v) is 5.85. The Morgan fingerprint density at radius 2 is 2.22 bits per heavy atom. The minimum atomic E-state index is -4.37. The third-order valence-electron chi connectivity index (χ3n) is 2.26. The highest BCUT2D eigenvalue weighted by Crippen LogP contribution is 2.30. The molecule has 102 valence electrons. The normalized spacial score (nSPS) is 13.4. The van der Waals surface area contributed by atoms with Gasteiger partial charge in [0, 0.05) is 19.2 Å². The molecule has 0 amide bonds. The number of anilines is 1. The SMILES string of the molecule is COCC(CCCl)Nc1cc(C(F)(F)F)ccn1. The van der Waals surface area contributed by atoms with Gasteiger partial charge in [-0.1, -0.05) is 0 Å². The number of nitrogens with zero attached hydrogens (tertiary/aromatic N) is 1. The van der Waals surface area contributed by atoms with Crippen LogP contribution < -0.4 is 5.32 Å². The minimum Gasteiger partial charge on any atom is -0.383 e. The number of aromatic nitrogens is 1. The largest absolute Gasteiger partial charge is 0.416 e. The molecule has 1 unspecified atom stereocenters. The second-order valence-electron chi connectivity index (χ2n) is 3.70. The number of rotatable bonds is 6. The lowest BCUT2D eigenvalue weighted by molar-refractivity contribution is -0.137. The summed E-state index contributed by atoms with van der Waals surface area (Å²) in [5.41, 5.74) is -0.734. The maximum atomic E-state index is 12.5. The number of halogens is 4. The van der Waals surface area contributed by atoms with E-state index in [0.717, 1.165) is 18.3 Å². The molecule has 7 heteroatoms. The highest BCUT2D eigenvalue weighted by Gasteiger charge is 2.30. The number of alkyl halides is 4. The summed E-state index contributed by atoms with van der Waals surface area (Å²) in [7, 11) is 1.52. The molecule has 0 spiro atoms. The summed E-state index contributed by atoms with van der Waals surface area (Å²) in [6.45, 7) is 0.352. The number of ether oxygens (including phenoxy) is 1. The van der Waals surface area contributed by atoms with E-state index in [4.69, 9.17) is 16.3 Å². The van der Waals surface area contributed by atoms with Gasteiger partial charge in [0.25, 0.3) is 0 Å². The Hall–Kier alpha value is -1.01. The molecule has 1 atom stereocenters. The van der Waals surface area contributed by atoms with Crippen LogP contribution in [0.5, 0.6) is 0 Å². The van der Waals surface area contributed by atoms with Crippen molar-refractivity contribution in [3.8, 4) is 0 Å². The second-order valence-corrected chi connectivity index (χ2v) is 4.08. The Morgan fingerprint density at radius 3 is 2.78 bits per heavy atom. The Kier molecular flexibility index (Phi) is 5.68. The topological polar surface area (TPSA) is 34.1 Å². The molecular weight excluding hydrogens is 269 g/mol. The maximum absolute atomic E-state index is 12.5. The van der Waals surface area contributed by atoms with Crippen LogP contribution in [0.15, 0.2) is 18.3 Å². The van der Waals surface area contributed by atoms with E-state index in [1.165, 1.54) is 7.11 Å². The predicted octanol–water partition coefficient (Wildman–Crippen LogP) is 3.16. The van der Waals surface area contributed by atoms with Gasteiger partial charge in [-0.25, -0.2) is 4.98 Å². The lowest BCUT2D eigenvalue weighted by atomic mass is 10.2. The number of hydrogen-bond donors (Lipinski definition) is 1. The van der Waals surface area contributed by atoms with Gasteiger partial charge in [-0.2, -0.15) is 13.2 Å². The van der Waals surface area contributed by atoms with Crippen molar-refractivity contribution in [3.05, 3.63) is 23.9 Å². The van der Waals surface area contributed by atoms with E-state index < -0.39 is 11.7 Å². The highest BCUT2D eigenvalue weighted by atomic mass is 35.5. The van der Waals surface area contributed by atoms with Crippen molar-refractivity contribution in [2.24, 2.45) is 0 Å². The molecule has 1 N–H and O–H groups in total. The van der Waals surface area contributed by atoms with Gasteiger partial charge in [0.15, 0.2) is 0 Å². The van der Waals surface area contributed by atoms with Crippen LogP contribution in [-0.4, -0.2) is 30.6 Å². The lowest BCUT2D eigenvalue weighted by Gasteiger charge is -2.18. The van der Waals surface area contributed by atoms with Crippen molar-refractivity contribution < 1.29 is 17.9 Å². The highest BCUT2D eigenvalue weighted by molar-refractivity contribution is 6.17. The smallest absolute Gasteiger partial charge is 0.383 e. The minimum absolute atomic E-state index is 0.163. The molecule has 18 heavy (non-hydrogen) atoms. The average Bonchev–Trinajstić information content (AvgIpc) is 2.29. The van der Waals surface area contributed by atoms with E-state index in [2.05, 4.69) is 10.3 Å². The zero-order valence-corrected chi connectivity index (χ0v) is 10.6. The van der Waals surface area contributed by atoms with Crippen molar-refractivity contribution in [1.82, 2.24) is 4.98 Å². The van der Waals surface area contributed by atoms with Crippen LogP contribution >= 0.6 is 11.6 Å². The van der Waals surface area contributed by atoms with Crippen molar-refractivity contribution in [2.45, 2.75) is 18.6 Å². The van der Waals surface area contributed by atoms with E-state index in [1.807, 2.05) is 0 Å². The van der Waals surface area contributed by atoms with Crippen LogP contribution in [0.2, 0.25) is 0 Å². The van der Waals surface area contributed by atoms with Gasteiger partial charge in [-0.15, -0.1) is 11.6 Å². The van der Waals surface area contributed by atoms with Gasteiger partial charge < -0.3 is 10.1 Å². The van der Waals surface area contributed by atoms with Crippen molar-refractivity contribution in [3.63, 3.8) is 0 Å². The number of pyridine rings is 1. The van der Waals surface area contributed by atoms with Crippen molar-refractivity contribution in [2.75, 3.05) is 24.9 Å². The Morgan fingerprint density at radius 1 is 1.50 bits per heavy atom. The molecule has 0 radical (unpaired) electrons. The van der Waals surface area contributed by atoms with Crippen molar-refractivity contribution >= 4 is 17.4 Å². The standard InChI is InChI=1S/C11H14ClF3N2O/c1-18-7-9(2-4-12)17-10-6-8(3-5-16-10)11(13,14)15/h3,5-6,9H,2,4,7H2,1H3,(H,16,17). The van der Waals surface area contributed by atoms with Crippen molar-refractivity contribution in [1.29, 1.82) is 0 Å². The fraction of sp³-hybridized carbons (Fsp3) is 0.545. The van der Waals surface area contributed by atoms with E-state index in [-0.39, 0.29) is 11.9 Å². The zero-order valence-electron chi connectivity index (χ0n) is 9.80. The molecule has 3 nitrogen and oxygen atoms in total. The van der Waals surface area contributed by atoms with Crippen LogP contribution in [0.3, 0.4) is 0 Å². The quantitative estimate of drug-likeness (QED) is 0.814. The van der Waals surface area contributed by atoms with Gasteiger partial charge in [0.1, 0.15) is 5.82 Å². The van der Waals surface area contributed by atoms with Gasteiger partial charge >= 0.3 is 6.18 Å². The van der Waals surface area contributed by atoms with Crippen LogP contribution in [-0.2, 0) is 10.9 Å². The lowest BCUT2D eigenvalue weighted by Crippen LogP contribution is -2.26. The van der Waals surface area contributed by atoms with E-state index in [0.29, 0.717) is 18.9 Å². The zero-order chi connectivity index (χ0) is 13.6. The molecule has 0 aliphatic rings. The van der Waals surface area contributed by atoms with Gasteiger partial charge in [0.05, 0.1) is 18.2 Å². The van der Waals surface area contributed by atoms with Gasteiger partial charge in [0.2, 0.25) is 0 Å². The molecule has 1 aromatic heterocycles. The molecular formula is C11H14ClF3N2O. The molecule has 0 fully saturated rings. The number of hydrogen-bond acceptors (Lipinski definition) is 3. The summed E-state index contributed by atoms with van der Waals surface area (Å²) in [6, 6.07) is 1.73. The summed E-state index contributed by atoms with van der Waals surface area (Å²) in [5.74, 6) is 0.553. The fourth-order valence-electron chi connectivity index (χ4n) is 1.42. The maximum Gasteiger partial charge on any atom is 0.416 e. The summed E-state index contributed by atoms with van der Waals surface area (Å²) in [5, 5.41) is 2.87. The third kappa shape index (κ3) is 4.70. The molecule has 0 saturated carbocycles.